The van der Waals surface area contributed by atoms with E-state index < -0.39 is 17.5 Å². The predicted octanol–water partition coefficient (Wildman–Crippen LogP) is 1.79. The van der Waals surface area contributed by atoms with Crippen LogP contribution >= 0.6 is 0 Å². The minimum Gasteiger partial charge on any atom is -0.311 e. The van der Waals surface area contributed by atoms with Crippen LogP contribution < -0.4 is 5.32 Å². The van der Waals surface area contributed by atoms with Crippen molar-refractivity contribution in [2.75, 3.05) is 6.54 Å². The van der Waals surface area contributed by atoms with E-state index in [2.05, 4.69) is 15.6 Å². The number of halogens is 3. The molecule has 0 aliphatic rings. The van der Waals surface area contributed by atoms with Crippen molar-refractivity contribution in [1.29, 1.82) is 0 Å². The minimum absolute atomic E-state index is 0.0943. The monoisotopic (exact) mass is 256 g/mol. The zero-order chi connectivity index (χ0) is 13.1. The average Bonchev–Trinajstić information content (AvgIpc) is 2.81. The third-order valence-corrected chi connectivity index (χ3v) is 2.39. The normalized spacial score (nSPS) is 10.9. The highest BCUT2D eigenvalue weighted by molar-refractivity contribution is 5.33. The van der Waals surface area contributed by atoms with Gasteiger partial charge in [-0.2, -0.15) is 0 Å². The number of nitrogens with one attached hydrogen (secondary N) is 1. The summed E-state index contributed by atoms with van der Waals surface area (Å²) in [5, 5.41) is 10.4. The van der Waals surface area contributed by atoms with Crippen molar-refractivity contribution in [3.05, 3.63) is 41.5 Å². The van der Waals surface area contributed by atoms with Crippen LogP contribution in [0.1, 0.15) is 12.6 Å². The molecule has 1 aromatic carbocycles. The van der Waals surface area contributed by atoms with Crippen molar-refractivity contribution in [2.24, 2.45) is 0 Å². The van der Waals surface area contributed by atoms with Gasteiger partial charge in [-0.25, -0.2) is 17.9 Å². The molecule has 2 rings (SSSR count). The van der Waals surface area contributed by atoms with Crippen molar-refractivity contribution < 1.29 is 13.2 Å². The summed E-state index contributed by atoms with van der Waals surface area (Å²) in [6.45, 7) is 3.10. The van der Waals surface area contributed by atoms with Crippen LogP contribution in [0.15, 0.2) is 18.3 Å². The lowest BCUT2D eigenvalue weighted by Crippen LogP contribution is -2.15. The Balaban J connectivity index is 2.40. The fourth-order valence-corrected chi connectivity index (χ4v) is 1.51. The maximum atomic E-state index is 13.1. The molecule has 0 radical (unpaired) electrons. The van der Waals surface area contributed by atoms with Crippen molar-refractivity contribution in [2.45, 2.75) is 13.5 Å². The molecule has 1 heterocycles. The SMILES string of the molecule is CCNCc1cnnn1-c1cc(F)c(F)c(F)c1. The van der Waals surface area contributed by atoms with Gasteiger partial charge >= 0.3 is 0 Å². The highest BCUT2D eigenvalue weighted by Gasteiger charge is 2.14. The zero-order valence-electron chi connectivity index (χ0n) is 9.62. The van der Waals surface area contributed by atoms with E-state index in [1.165, 1.54) is 10.9 Å². The van der Waals surface area contributed by atoms with E-state index in [0.29, 0.717) is 12.2 Å². The second-order valence-electron chi connectivity index (χ2n) is 3.64. The number of rotatable bonds is 4. The van der Waals surface area contributed by atoms with Gasteiger partial charge in [0.2, 0.25) is 0 Å². The molecule has 1 N–H and O–H groups in total. The maximum absolute atomic E-state index is 13.1. The van der Waals surface area contributed by atoms with E-state index in [9.17, 15) is 13.2 Å². The second kappa shape index (κ2) is 5.18. The zero-order valence-corrected chi connectivity index (χ0v) is 9.62. The van der Waals surface area contributed by atoms with E-state index in [-0.39, 0.29) is 5.69 Å². The van der Waals surface area contributed by atoms with E-state index in [1.807, 2.05) is 6.92 Å². The smallest absolute Gasteiger partial charge is 0.194 e. The first-order valence-corrected chi connectivity index (χ1v) is 5.38. The first kappa shape index (κ1) is 12.6. The molecule has 0 bridgehead atoms. The first-order valence-electron chi connectivity index (χ1n) is 5.38. The molecule has 0 amide bonds. The molecule has 96 valence electrons. The van der Waals surface area contributed by atoms with E-state index in [4.69, 9.17) is 0 Å². The molecular weight excluding hydrogens is 245 g/mol. The summed E-state index contributed by atoms with van der Waals surface area (Å²) in [5.41, 5.74) is 0.721. The molecule has 0 aliphatic carbocycles. The summed E-state index contributed by atoms with van der Waals surface area (Å²) >= 11 is 0. The Morgan fingerprint density at radius 3 is 2.50 bits per heavy atom. The Morgan fingerprint density at radius 1 is 1.22 bits per heavy atom. The molecule has 7 heteroatoms. The van der Waals surface area contributed by atoms with Gasteiger partial charge in [-0.05, 0) is 6.54 Å². The molecule has 0 saturated heterocycles. The Kier molecular flexibility index (Phi) is 3.61. The van der Waals surface area contributed by atoms with Crippen molar-refractivity contribution in [1.82, 2.24) is 20.3 Å². The molecule has 0 atom stereocenters. The Bertz CT molecular complexity index is 530. The summed E-state index contributed by atoms with van der Waals surface area (Å²) in [6, 6.07) is 1.76. The van der Waals surface area contributed by atoms with Gasteiger partial charge in [-0.15, -0.1) is 5.10 Å². The first-order chi connectivity index (χ1) is 8.63. The van der Waals surface area contributed by atoms with Crippen LogP contribution in [0, 0.1) is 17.5 Å². The standard InChI is InChI=1S/C11H11F3N4/c1-2-15-5-8-6-16-17-18(8)7-3-9(12)11(14)10(13)4-7/h3-4,6,15H,2,5H2,1H3. The molecule has 1 aromatic heterocycles. The molecular formula is C11H11F3N4. The average molecular weight is 256 g/mol. The van der Waals surface area contributed by atoms with Gasteiger partial charge < -0.3 is 5.32 Å². The van der Waals surface area contributed by atoms with E-state index in [0.717, 1.165) is 18.7 Å². The van der Waals surface area contributed by atoms with E-state index in [1.54, 1.807) is 0 Å². The quantitative estimate of drug-likeness (QED) is 0.848. The Hall–Kier alpha value is -1.89. The molecule has 0 fully saturated rings. The fraction of sp³-hybridized carbons (Fsp3) is 0.273. The molecule has 2 aromatic rings. The molecule has 4 nitrogen and oxygen atoms in total. The maximum Gasteiger partial charge on any atom is 0.194 e. The Labute approximate surface area is 101 Å². The van der Waals surface area contributed by atoms with E-state index >= 15 is 0 Å². The van der Waals surface area contributed by atoms with Crippen LogP contribution in [0.2, 0.25) is 0 Å². The summed E-state index contributed by atoms with van der Waals surface area (Å²) in [6.07, 6.45) is 1.47. The van der Waals surface area contributed by atoms with Crippen LogP contribution in [0.25, 0.3) is 5.69 Å². The fourth-order valence-electron chi connectivity index (χ4n) is 1.51. The summed E-state index contributed by atoms with van der Waals surface area (Å²) in [7, 11) is 0. The number of hydrogen-bond acceptors (Lipinski definition) is 3. The number of nitrogens with zero attached hydrogens (tertiary/aromatic N) is 3. The topological polar surface area (TPSA) is 42.7 Å². The van der Waals surface area contributed by atoms with Crippen LogP contribution in [-0.4, -0.2) is 21.5 Å². The highest BCUT2D eigenvalue weighted by Crippen LogP contribution is 2.17. The summed E-state index contributed by atoms with van der Waals surface area (Å²) < 4.78 is 40.4. The minimum atomic E-state index is -1.49. The van der Waals surface area contributed by atoms with Crippen molar-refractivity contribution in [3.8, 4) is 5.69 Å². The third kappa shape index (κ3) is 2.35. The number of hydrogen-bond donors (Lipinski definition) is 1. The predicted molar refractivity (Wildman–Crippen MR) is 58.6 cm³/mol. The van der Waals surface area contributed by atoms with Crippen LogP contribution in [0.5, 0.6) is 0 Å². The largest absolute Gasteiger partial charge is 0.311 e. The second-order valence-corrected chi connectivity index (χ2v) is 3.64. The molecule has 0 saturated carbocycles. The molecule has 18 heavy (non-hydrogen) atoms. The number of aromatic nitrogens is 3. The van der Waals surface area contributed by atoms with Gasteiger partial charge in [-0.3, -0.25) is 0 Å². The lowest BCUT2D eigenvalue weighted by Gasteiger charge is -2.07. The lowest BCUT2D eigenvalue weighted by molar-refractivity contribution is 0.445. The van der Waals surface area contributed by atoms with Crippen LogP contribution in [-0.2, 0) is 6.54 Å². The van der Waals surface area contributed by atoms with Gasteiger partial charge in [-0.1, -0.05) is 12.1 Å². The van der Waals surface area contributed by atoms with Crippen LogP contribution in [0.4, 0.5) is 13.2 Å². The number of benzene rings is 1. The summed E-state index contributed by atoms with van der Waals surface area (Å²) in [5.74, 6) is -4.00. The van der Waals surface area contributed by atoms with Gasteiger partial charge in [0.05, 0.1) is 17.6 Å². The van der Waals surface area contributed by atoms with Crippen molar-refractivity contribution in [3.63, 3.8) is 0 Å². The van der Waals surface area contributed by atoms with Gasteiger partial charge in [0, 0.05) is 18.7 Å². The van der Waals surface area contributed by atoms with Gasteiger partial charge in [0.1, 0.15) is 0 Å². The highest BCUT2D eigenvalue weighted by atomic mass is 19.2. The molecule has 0 aliphatic heterocycles. The Morgan fingerprint density at radius 2 is 1.89 bits per heavy atom. The summed E-state index contributed by atoms with van der Waals surface area (Å²) in [4.78, 5) is 0. The molecule has 0 unspecified atom stereocenters. The van der Waals surface area contributed by atoms with Crippen LogP contribution in [0.3, 0.4) is 0 Å². The van der Waals surface area contributed by atoms with Gasteiger partial charge in [0.15, 0.2) is 17.5 Å². The molecule has 0 spiro atoms. The van der Waals surface area contributed by atoms with Crippen molar-refractivity contribution >= 4 is 0 Å². The van der Waals surface area contributed by atoms with Gasteiger partial charge in [0.25, 0.3) is 0 Å². The third-order valence-electron chi connectivity index (χ3n) is 2.39. The lowest BCUT2D eigenvalue weighted by atomic mass is 10.2.